The SMILES string of the molecule is CC(=O)OC(C)C=CC(=O)NC1CC(C)C(CC=C(C)C=CC2OC(CC(=O)NCc3ccc(N)c(F)c3)CC3(CO3)C2O)OC1C. The Labute approximate surface area is 275 Å². The number of nitrogens with one attached hydrogen (secondary N) is 2. The van der Waals surface area contributed by atoms with Crippen molar-refractivity contribution in [3.05, 3.63) is 65.5 Å². The first-order valence-electron chi connectivity index (χ1n) is 16.2. The summed E-state index contributed by atoms with van der Waals surface area (Å²) in [5.41, 5.74) is 6.41. The van der Waals surface area contributed by atoms with Crippen LogP contribution in [0.5, 0.6) is 0 Å². The minimum Gasteiger partial charge on any atom is -0.459 e. The predicted octanol–water partition coefficient (Wildman–Crippen LogP) is 3.40. The zero-order chi connectivity index (χ0) is 34.3. The van der Waals surface area contributed by atoms with Crippen LogP contribution in [0, 0.1) is 11.7 Å². The molecule has 0 radical (unpaired) electrons. The maximum atomic E-state index is 13.7. The molecule has 2 amide bonds. The summed E-state index contributed by atoms with van der Waals surface area (Å²) in [6.07, 6.45) is 7.91. The Balaban J connectivity index is 1.25. The van der Waals surface area contributed by atoms with Gasteiger partial charge in [-0.1, -0.05) is 36.8 Å². The molecule has 4 rings (SSSR count). The standard InChI is InChI=1S/C35H48FN3O8/c1-20(6-11-30-21(2)14-29(23(4)46-30)39-32(41)13-8-22(3)45-24(5)40)7-12-31-34(43)35(19-44-35)17-26(47-31)16-33(42)38-18-25-9-10-28(37)27(36)15-25/h6-10,12-13,15,21-23,26,29-31,34,43H,11,14,16-19,37H2,1-5H3,(H,38,42)(H,39,41). The van der Waals surface area contributed by atoms with E-state index in [4.69, 9.17) is 24.7 Å². The molecule has 12 heteroatoms. The number of nitrogen functional groups attached to an aromatic ring is 1. The molecular weight excluding hydrogens is 609 g/mol. The Morgan fingerprint density at radius 3 is 2.64 bits per heavy atom. The smallest absolute Gasteiger partial charge is 0.303 e. The van der Waals surface area contributed by atoms with Gasteiger partial charge in [-0.2, -0.15) is 0 Å². The van der Waals surface area contributed by atoms with Crippen molar-refractivity contribution in [3.8, 4) is 0 Å². The van der Waals surface area contributed by atoms with Gasteiger partial charge in [0.05, 0.1) is 43.1 Å². The maximum Gasteiger partial charge on any atom is 0.303 e. The van der Waals surface area contributed by atoms with Gasteiger partial charge in [0, 0.05) is 26.0 Å². The number of benzene rings is 1. The van der Waals surface area contributed by atoms with Crippen LogP contribution in [0.2, 0.25) is 0 Å². The van der Waals surface area contributed by atoms with Gasteiger partial charge in [0.1, 0.15) is 29.7 Å². The number of aliphatic hydroxyl groups is 1. The van der Waals surface area contributed by atoms with Crippen LogP contribution in [0.3, 0.4) is 0 Å². The molecule has 1 spiro atoms. The van der Waals surface area contributed by atoms with Crippen LogP contribution in [0.25, 0.3) is 0 Å². The van der Waals surface area contributed by atoms with Crippen molar-refractivity contribution < 1.29 is 42.8 Å². The molecule has 3 aliphatic rings. The van der Waals surface area contributed by atoms with E-state index < -0.39 is 41.8 Å². The predicted molar refractivity (Wildman–Crippen MR) is 173 cm³/mol. The molecule has 0 aliphatic carbocycles. The lowest BCUT2D eigenvalue weighted by Crippen LogP contribution is -2.50. The van der Waals surface area contributed by atoms with E-state index in [1.54, 1.807) is 25.1 Å². The summed E-state index contributed by atoms with van der Waals surface area (Å²) in [5, 5.41) is 16.7. The molecule has 11 nitrogen and oxygen atoms in total. The minimum atomic E-state index is -0.863. The number of epoxide rings is 1. The quantitative estimate of drug-likeness (QED) is 0.0868. The number of anilines is 1. The van der Waals surface area contributed by atoms with E-state index in [0.29, 0.717) is 25.0 Å². The monoisotopic (exact) mass is 657 g/mol. The van der Waals surface area contributed by atoms with Crippen LogP contribution in [0.15, 0.2) is 54.2 Å². The topological polar surface area (TPSA) is 162 Å². The van der Waals surface area contributed by atoms with Crippen LogP contribution >= 0.6 is 0 Å². The molecule has 0 aromatic heterocycles. The number of esters is 1. The summed E-state index contributed by atoms with van der Waals surface area (Å²) >= 11 is 0. The molecular formula is C35H48FN3O8. The highest BCUT2D eigenvalue weighted by Gasteiger charge is 2.58. The average Bonchev–Trinajstić information content (AvgIpc) is 3.78. The van der Waals surface area contributed by atoms with Crippen LogP contribution < -0.4 is 16.4 Å². The van der Waals surface area contributed by atoms with Crippen molar-refractivity contribution in [2.45, 2.75) is 115 Å². The van der Waals surface area contributed by atoms with E-state index >= 15 is 0 Å². The maximum absolute atomic E-state index is 13.7. The number of rotatable bonds is 12. The van der Waals surface area contributed by atoms with Gasteiger partial charge in [0.25, 0.3) is 0 Å². The Bertz CT molecular complexity index is 1380. The number of carbonyl (C=O) groups excluding carboxylic acids is 3. The average molecular weight is 658 g/mol. The molecule has 9 unspecified atom stereocenters. The first-order valence-corrected chi connectivity index (χ1v) is 16.2. The fourth-order valence-electron chi connectivity index (χ4n) is 6.05. The molecule has 5 N–H and O–H groups in total. The molecule has 0 bridgehead atoms. The summed E-state index contributed by atoms with van der Waals surface area (Å²) in [7, 11) is 0. The Morgan fingerprint density at radius 1 is 1.21 bits per heavy atom. The van der Waals surface area contributed by atoms with Gasteiger partial charge in [-0.05, 0) is 63.3 Å². The van der Waals surface area contributed by atoms with Crippen molar-refractivity contribution in [2.24, 2.45) is 5.92 Å². The lowest BCUT2D eigenvalue weighted by Gasteiger charge is -2.39. The molecule has 47 heavy (non-hydrogen) atoms. The van der Waals surface area contributed by atoms with E-state index in [-0.39, 0.29) is 54.6 Å². The highest BCUT2D eigenvalue weighted by atomic mass is 19.1. The van der Waals surface area contributed by atoms with E-state index in [9.17, 15) is 23.9 Å². The van der Waals surface area contributed by atoms with Crippen molar-refractivity contribution in [2.75, 3.05) is 12.3 Å². The van der Waals surface area contributed by atoms with Crippen LogP contribution in [0.4, 0.5) is 10.1 Å². The molecule has 1 aromatic rings. The van der Waals surface area contributed by atoms with Crippen molar-refractivity contribution in [3.63, 3.8) is 0 Å². The Hall–Kier alpha value is -3.58. The third kappa shape index (κ3) is 10.5. The number of amides is 2. The summed E-state index contributed by atoms with van der Waals surface area (Å²) < 4.78 is 36.8. The number of hydrogen-bond acceptors (Lipinski definition) is 9. The molecule has 3 saturated heterocycles. The number of ether oxygens (including phenoxy) is 4. The fourth-order valence-corrected chi connectivity index (χ4v) is 6.05. The minimum absolute atomic E-state index is 0.0340. The first-order chi connectivity index (χ1) is 22.2. The summed E-state index contributed by atoms with van der Waals surface area (Å²) in [6, 6.07) is 4.27. The normalized spacial score (nSPS) is 31.6. The summed E-state index contributed by atoms with van der Waals surface area (Å²) in [4.78, 5) is 36.1. The Kier molecular flexibility index (Phi) is 12.4. The number of hydrogen-bond donors (Lipinski definition) is 4. The van der Waals surface area contributed by atoms with Gasteiger partial charge < -0.3 is 40.4 Å². The van der Waals surface area contributed by atoms with Crippen LogP contribution in [0.1, 0.15) is 65.9 Å². The fraction of sp³-hybridized carbons (Fsp3) is 0.571. The second-order valence-corrected chi connectivity index (χ2v) is 13.0. The number of carbonyl (C=O) groups is 3. The Morgan fingerprint density at radius 2 is 1.96 bits per heavy atom. The molecule has 9 atom stereocenters. The first kappa shape index (κ1) is 36.3. The van der Waals surface area contributed by atoms with Gasteiger partial charge >= 0.3 is 5.97 Å². The number of aliphatic hydroxyl groups excluding tert-OH is 1. The van der Waals surface area contributed by atoms with Crippen molar-refractivity contribution in [1.29, 1.82) is 0 Å². The molecule has 1 aromatic carbocycles. The number of halogens is 1. The van der Waals surface area contributed by atoms with Crippen molar-refractivity contribution >= 4 is 23.5 Å². The lowest BCUT2D eigenvalue weighted by molar-refractivity contribution is -0.145. The third-order valence-corrected chi connectivity index (χ3v) is 8.89. The lowest BCUT2D eigenvalue weighted by atomic mass is 9.87. The second kappa shape index (κ2) is 16.0. The van der Waals surface area contributed by atoms with Crippen molar-refractivity contribution in [1.82, 2.24) is 10.6 Å². The van der Waals surface area contributed by atoms with Gasteiger partial charge in [0.2, 0.25) is 11.8 Å². The number of nitrogens with two attached hydrogens (primary N) is 1. The zero-order valence-electron chi connectivity index (χ0n) is 27.7. The van der Waals surface area contributed by atoms with E-state index in [0.717, 1.165) is 12.0 Å². The third-order valence-electron chi connectivity index (χ3n) is 8.89. The largest absolute Gasteiger partial charge is 0.459 e. The van der Waals surface area contributed by atoms with Gasteiger partial charge in [-0.3, -0.25) is 14.4 Å². The van der Waals surface area contributed by atoms with Gasteiger partial charge in [-0.25, -0.2) is 4.39 Å². The molecule has 0 saturated carbocycles. The van der Waals surface area contributed by atoms with Gasteiger partial charge in [0.15, 0.2) is 0 Å². The molecule has 258 valence electrons. The van der Waals surface area contributed by atoms with Crippen LogP contribution in [-0.4, -0.2) is 77.8 Å². The second-order valence-electron chi connectivity index (χ2n) is 13.0. The van der Waals surface area contributed by atoms with Crippen LogP contribution in [-0.2, 0) is 39.9 Å². The molecule has 3 fully saturated rings. The highest BCUT2D eigenvalue weighted by molar-refractivity contribution is 5.87. The summed E-state index contributed by atoms with van der Waals surface area (Å²) in [6.45, 7) is 9.57. The number of allylic oxidation sites excluding steroid dienone is 2. The summed E-state index contributed by atoms with van der Waals surface area (Å²) in [5.74, 6) is -1.26. The molecule has 3 heterocycles. The van der Waals surface area contributed by atoms with E-state index in [2.05, 4.69) is 23.6 Å². The highest BCUT2D eigenvalue weighted by Crippen LogP contribution is 2.43. The van der Waals surface area contributed by atoms with Gasteiger partial charge in [-0.15, -0.1) is 0 Å². The van der Waals surface area contributed by atoms with E-state index in [1.807, 2.05) is 19.9 Å². The zero-order valence-corrected chi connectivity index (χ0v) is 27.7. The van der Waals surface area contributed by atoms with E-state index in [1.165, 1.54) is 25.1 Å². The molecule has 3 aliphatic heterocycles.